The van der Waals surface area contributed by atoms with E-state index in [4.69, 9.17) is 4.74 Å². The maximum absolute atomic E-state index is 12.2. The Morgan fingerprint density at radius 3 is 2.38 bits per heavy atom. The zero-order valence-electron chi connectivity index (χ0n) is 16.4. The van der Waals surface area contributed by atoms with Gasteiger partial charge in [-0.2, -0.15) is 0 Å². The first-order chi connectivity index (χ1) is 15.2. The van der Waals surface area contributed by atoms with Gasteiger partial charge in [0.15, 0.2) is 6.61 Å². The van der Waals surface area contributed by atoms with Crippen molar-refractivity contribution in [1.29, 1.82) is 0 Å². The molecule has 0 aliphatic carbocycles. The number of non-ortho nitro benzene ring substituents is 1. The number of carbonyl (C=O) groups is 4. The van der Waals surface area contributed by atoms with E-state index in [1.807, 2.05) is 0 Å². The van der Waals surface area contributed by atoms with Crippen LogP contribution in [0.2, 0.25) is 0 Å². The molecular weight excluding hydrogens is 488 g/mol. The van der Waals surface area contributed by atoms with Crippen LogP contribution in [-0.2, 0) is 19.1 Å². The molecule has 32 heavy (non-hydrogen) atoms. The lowest BCUT2D eigenvalue weighted by molar-refractivity contribution is -0.384. The number of hydrogen-bond acceptors (Lipinski definition) is 7. The number of ether oxygens (including phenoxy) is 1. The minimum Gasteiger partial charge on any atom is -0.455 e. The van der Waals surface area contributed by atoms with Crippen LogP contribution < -0.4 is 15.8 Å². The zero-order valence-corrected chi connectivity index (χ0v) is 18.0. The van der Waals surface area contributed by atoms with Crippen molar-refractivity contribution in [2.24, 2.45) is 5.92 Å². The van der Waals surface area contributed by atoms with Crippen LogP contribution in [0.1, 0.15) is 16.8 Å². The number of carbonyl (C=O) groups excluding carboxylic acids is 4. The molecule has 2 aromatic rings. The molecular formula is C20H17BrN4O7. The van der Waals surface area contributed by atoms with Gasteiger partial charge in [0.05, 0.1) is 10.8 Å². The van der Waals surface area contributed by atoms with E-state index in [2.05, 4.69) is 26.8 Å². The molecule has 0 spiro atoms. The number of benzene rings is 2. The molecule has 0 aromatic heterocycles. The standard InChI is InChI=1S/C20H17BrN4O7/c21-14-3-1-12(2-4-14)19(28)23-22-17(26)11-32-20(29)13-9-18(27)24(10-13)15-5-7-16(8-6-15)25(30)31/h1-8,13H,9-11H2,(H,22,26)(H,23,28)/t13-/m1/s1. The van der Waals surface area contributed by atoms with E-state index >= 15 is 0 Å². The molecule has 1 aliphatic heterocycles. The van der Waals surface area contributed by atoms with Gasteiger partial charge in [-0.3, -0.25) is 40.1 Å². The number of nitro benzene ring substituents is 1. The molecule has 0 unspecified atom stereocenters. The van der Waals surface area contributed by atoms with Crippen molar-refractivity contribution < 1.29 is 28.8 Å². The Morgan fingerprint density at radius 2 is 1.75 bits per heavy atom. The van der Waals surface area contributed by atoms with E-state index in [9.17, 15) is 29.3 Å². The molecule has 166 valence electrons. The van der Waals surface area contributed by atoms with Crippen LogP contribution in [0.15, 0.2) is 53.0 Å². The number of rotatable bonds is 6. The fourth-order valence-corrected chi connectivity index (χ4v) is 3.22. The largest absolute Gasteiger partial charge is 0.455 e. The predicted molar refractivity (Wildman–Crippen MR) is 114 cm³/mol. The first-order valence-electron chi connectivity index (χ1n) is 9.31. The number of halogens is 1. The quantitative estimate of drug-likeness (QED) is 0.345. The lowest BCUT2D eigenvalue weighted by Crippen LogP contribution is -2.43. The molecule has 1 heterocycles. The summed E-state index contributed by atoms with van der Waals surface area (Å²) < 4.78 is 5.74. The molecule has 0 bridgehead atoms. The Bertz CT molecular complexity index is 1060. The van der Waals surface area contributed by atoms with E-state index in [0.717, 1.165) is 4.47 Å². The number of hydrogen-bond donors (Lipinski definition) is 2. The van der Waals surface area contributed by atoms with Gasteiger partial charge in [-0.25, -0.2) is 0 Å². The molecule has 3 amide bonds. The van der Waals surface area contributed by atoms with Crippen LogP contribution in [0, 0.1) is 16.0 Å². The van der Waals surface area contributed by atoms with Crippen molar-refractivity contribution >= 4 is 51.0 Å². The predicted octanol–water partition coefficient (Wildman–Crippen LogP) is 1.71. The van der Waals surface area contributed by atoms with E-state index in [1.54, 1.807) is 24.3 Å². The summed E-state index contributed by atoms with van der Waals surface area (Å²) >= 11 is 3.25. The van der Waals surface area contributed by atoms with Crippen LogP contribution in [0.4, 0.5) is 11.4 Å². The van der Waals surface area contributed by atoms with E-state index in [1.165, 1.54) is 29.2 Å². The van der Waals surface area contributed by atoms with Gasteiger partial charge in [0.2, 0.25) is 5.91 Å². The van der Waals surface area contributed by atoms with Crippen molar-refractivity contribution in [2.75, 3.05) is 18.1 Å². The summed E-state index contributed by atoms with van der Waals surface area (Å²) in [5.41, 5.74) is 4.97. The summed E-state index contributed by atoms with van der Waals surface area (Å²) in [4.78, 5) is 59.8. The van der Waals surface area contributed by atoms with E-state index in [-0.39, 0.29) is 24.6 Å². The molecule has 1 atom stereocenters. The highest BCUT2D eigenvalue weighted by Gasteiger charge is 2.36. The summed E-state index contributed by atoms with van der Waals surface area (Å²) in [6, 6.07) is 11.8. The first-order valence-corrected chi connectivity index (χ1v) is 10.1. The van der Waals surface area contributed by atoms with Crippen molar-refractivity contribution in [2.45, 2.75) is 6.42 Å². The molecule has 0 saturated carbocycles. The fourth-order valence-electron chi connectivity index (χ4n) is 2.96. The van der Waals surface area contributed by atoms with Gasteiger partial charge < -0.3 is 9.64 Å². The highest BCUT2D eigenvalue weighted by molar-refractivity contribution is 9.10. The van der Waals surface area contributed by atoms with Crippen molar-refractivity contribution in [3.05, 3.63) is 68.7 Å². The molecule has 0 radical (unpaired) electrons. The summed E-state index contributed by atoms with van der Waals surface area (Å²) in [5.74, 6) is -3.16. The van der Waals surface area contributed by atoms with Crippen LogP contribution in [0.25, 0.3) is 0 Å². The molecule has 12 heteroatoms. The lowest BCUT2D eigenvalue weighted by atomic mass is 10.1. The molecule has 2 aromatic carbocycles. The highest BCUT2D eigenvalue weighted by atomic mass is 79.9. The van der Waals surface area contributed by atoms with Crippen molar-refractivity contribution in [3.8, 4) is 0 Å². The van der Waals surface area contributed by atoms with Gasteiger partial charge in [-0.1, -0.05) is 15.9 Å². The lowest BCUT2D eigenvalue weighted by Gasteiger charge is -2.16. The Labute approximate surface area is 190 Å². The maximum atomic E-state index is 12.2. The number of anilines is 1. The monoisotopic (exact) mass is 504 g/mol. The molecule has 1 fully saturated rings. The minimum atomic E-state index is -0.789. The van der Waals surface area contributed by atoms with E-state index in [0.29, 0.717) is 11.3 Å². The Kier molecular flexibility index (Phi) is 7.15. The zero-order chi connectivity index (χ0) is 23.3. The average molecular weight is 505 g/mol. The normalized spacial score (nSPS) is 15.2. The highest BCUT2D eigenvalue weighted by Crippen LogP contribution is 2.27. The Morgan fingerprint density at radius 1 is 1.09 bits per heavy atom. The Balaban J connectivity index is 1.46. The minimum absolute atomic E-state index is 0.0252. The summed E-state index contributed by atoms with van der Waals surface area (Å²) in [6.45, 7) is -0.612. The number of nitro groups is 1. The molecule has 1 saturated heterocycles. The topological polar surface area (TPSA) is 148 Å². The number of nitrogens with one attached hydrogen (secondary N) is 2. The Hall–Kier alpha value is -3.80. The number of hydrazine groups is 1. The third-order valence-corrected chi connectivity index (χ3v) is 5.13. The van der Waals surface area contributed by atoms with Gasteiger partial charge in [0, 0.05) is 40.8 Å². The number of esters is 1. The smallest absolute Gasteiger partial charge is 0.311 e. The van der Waals surface area contributed by atoms with Crippen LogP contribution >= 0.6 is 15.9 Å². The third kappa shape index (κ3) is 5.66. The number of amides is 3. The van der Waals surface area contributed by atoms with E-state index < -0.39 is 35.2 Å². The summed E-state index contributed by atoms with van der Waals surface area (Å²) in [5, 5.41) is 10.7. The van der Waals surface area contributed by atoms with Gasteiger partial charge >= 0.3 is 5.97 Å². The van der Waals surface area contributed by atoms with Crippen molar-refractivity contribution in [3.63, 3.8) is 0 Å². The van der Waals surface area contributed by atoms with Crippen LogP contribution in [0.3, 0.4) is 0 Å². The molecule has 1 aliphatic rings. The summed E-state index contributed by atoms with van der Waals surface area (Å²) in [7, 11) is 0. The average Bonchev–Trinajstić information content (AvgIpc) is 3.18. The van der Waals surface area contributed by atoms with Crippen LogP contribution in [-0.4, -0.2) is 41.8 Å². The third-order valence-electron chi connectivity index (χ3n) is 4.60. The number of nitrogens with zero attached hydrogens (tertiary/aromatic N) is 2. The molecule has 3 rings (SSSR count). The van der Waals surface area contributed by atoms with Gasteiger partial charge in [-0.15, -0.1) is 0 Å². The SMILES string of the molecule is O=C(COC(=O)[C@@H]1CC(=O)N(c2ccc([N+](=O)[O-])cc2)C1)NNC(=O)c1ccc(Br)cc1. The van der Waals surface area contributed by atoms with Gasteiger partial charge in [0.1, 0.15) is 0 Å². The maximum Gasteiger partial charge on any atom is 0.311 e. The fraction of sp³-hybridized carbons (Fsp3) is 0.200. The molecule has 11 nitrogen and oxygen atoms in total. The van der Waals surface area contributed by atoms with Gasteiger partial charge in [0.25, 0.3) is 17.5 Å². The van der Waals surface area contributed by atoms with Crippen molar-refractivity contribution in [1.82, 2.24) is 10.9 Å². The second-order valence-electron chi connectivity index (χ2n) is 6.80. The summed E-state index contributed by atoms with van der Waals surface area (Å²) in [6.07, 6.45) is -0.113. The van der Waals surface area contributed by atoms with Crippen LogP contribution in [0.5, 0.6) is 0 Å². The second kappa shape index (κ2) is 10.0. The first kappa shape index (κ1) is 22.9. The second-order valence-corrected chi connectivity index (χ2v) is 7.71. The van der Waals surface area contributed by atoms with Gasteiger partial charge in [-0.05, 0) is 36.4 Å². The molecule has 2 N–H and O–H groups in total.